The van der Waals surface area contributed by atoms with Crippen LogP contribution in [0.25, 0.3) is 11.3 Å². The Morgan fingerprint density at radius 1 is 1.22 bits per heavy atom. The molecule has 2 aromatic heterocycles. The minimum atomic E-state index is -4.22. The third-order valence-electron chi connectivity index (χ3n) is 5.16. The maximum atomic E-state index is 14.3. The Labute approximate surface area is 208 Å². The lowest BCUT2D eigenvalue weighted by Gasteiger charge is -2.16. The standard InChI is InChI=1S/C25H26FN3O6S/c1-16(2)14-34-20-12-17(11-18(26)13-20)22-7-6-21(25(28-22)35-19-8-10-33-15-19)24(30)29-36(31,32)23-5-3-4-9-27-23/h3-7,9,11-13,16,19H,8,10,14-15H2,1-2H3,(H,29,30)/t19-/m0/s1. The lowest BCUT2D eigenvalue weighted by atomic mass is 10.1. The van der Waals surface area contributed by atoms with Crippen LogP contribution >= 0.6 is 0 Å². The van der Waals surface area contributed by atoms with Crippen molar-refractivity contribution in [3.63, 3.8) is 0 Å². The molecule has 0 saturated carbocycles. The van der Waals surface area contributed by atoms with E-state index < -0.39 is 21.7 Å². The van der Waals surface area contributed by atoms with Crippen LogP contribution in [0.2, 0.25) is 0 Å². The first-order chi connectivity index (χ1) is 17.2. The van der Waals surface area contributed by atoms with E-state index in [0.717, 1.165) is 0 Å². The second-order valence-corrected chi connectivity index (χ2v) is 10.3. The highest BCUT2D eigenvalue weighted by Gasteiger charge is 2.26. The molecule has 1 amide bonds. The normalized spacial score (nSPS) is 15.6. The number of hydrogen-bond donors (Lipinski definition) is 1. The summed E-state index contributed by atoms with van der Waals surface area (Å²) >= 11 is 0. The number of amides is 1. The molecule has 0 spiro atoms. The number of rotatable bonds is 9. The molecule has 1 atom stereocenters. The maximum absolute atomic E-state index is 14.3. The van der Waals surface area contributed by atoms with Gasteiger partial charge in [-0.3, -0.25) is 4.79 Å². The molecule has 1 saturated heterocycles. The molecule has 0 radical (unpaired) electrons. The van der Waals surface area contributed by atoms with E-state index in [0.29, 0.717) is 43.2 Å². The second kappa shape index (κ2) is 11.0. The molecule has 9 nitrogen and oxygen atoms in total. The molecular formula is C25H26FN3O6S. The Morgan fingerprint density at radius 2 is 2.06 bits per heavy atom. The number of ether oxygens (including phenoxy) is 3. The van der Waals surface area contributed by atoms with Gasteiger partial charge in [0.1, 0.15) is 23.2 Å². The lowest BCUT2D eigenvalue weighted by Crippen LogP contribution is -2.32. The number of nitrogens with one attached hydrogen (secondary N) is 1. The van der Waals surface area contributed by atoms with Gasteiger partial charge in [-0.05, 0) is 42.3 Å². The predicted octanol–water partition coefficient (Wildman–Crippen LogP) is 3.60. The van der Waals surface area contributed by atoms with Crippen molar-refractivity contribution in [2.45, 2.75) is 31.4 Å². The van der Waals surface area contributed by atoms with Gasteiger partial charge in [-0.15, -0.1) is 0 Å². The molecule has 36 heavy (non-hydrogen) atoms. The van der Waals surface area contributed by atoms with E-state index in [1.54, 1.807) is 12.1 Å². The van der Waals surface area contributed by atoms with E-state index in [2.05, 4.69) is 9.97 Å². The highest BCUT2D eigenvalue weighted by Crippen LogP contribution is 2.29. The molecule has 1 N–H and O–H groups in total. The molecular weight excluding hydrogens is 489 g/mol. The Morgan fingerprint density at radius 3 is 2.75 bits per heavy atom. The van der Waals surface area contributed by atoms with Gasteiger partial charge in [0.25, 0.3) is 15.9 Å². The van der Waals surface area contributed by atoms with Gasteiger partial charge >= 0.3 is 0 Å². The van der Waals surface area contributed by atoms with Crippen molar-refractivity contribution in [1.29, 1.82) is 0 Å². The van der Waals surface area contributed by atoms with Gasteiger partial charge < -0.3 is 14.2 Å². The smallest absolute Gasteiger partial charge is 0.281 e. The van der Waals surface area contributed by atoms with Gasteiger partial charge in [0.2, 0.25) is 5.88 Å². The molecule has 0 bridgehead atoms. The van der Waals surface area contributed by atoms with Crippen LogP contribution in [-0.2, 0) is 14.8 Å². The third-order valence-corrected chi connectivity index (χ3v) is 6.41. The van der Waals surface area contributed by atoms with Crippen LogP contribution < -0.4 is 14.2 Å². The van der Waals surface area contributed by atoms with Crippen LogP contribution in [0.4, 0.5) is 4.39 Å². The molecule has 0 aliphatic carbocycles. The van der Waals surface area contributed by atoms with E-state index in [1.807, 2.05) is 18.6 Å². The van der Waals surface area contributed by atoms with E-state index in [4.69, 9.17) is 14.2 Å². The van der Waals surface area contributed by atoms with Crippen LogP contribution in [0.15, 0.2) is 59.8 Å². The number of sulfonamides is 1. The van der Waals surface area contributed by atoms with Crippen LogP contribution in [0.1, 0.15) is 30.6 Å². The lowest BCUT2D eigenvalue weighted by molar-refractivity contribution is 0.0968. The van der Waals surface area contributed by atoms with E-state index in [1.165, 1.54) is 42.6 Å². The first-order valence-corrected chi connectivity index (χ1v) is 12.9. The van der Waals surface area contributed by atoms with Crippen molar-refractivity contribution in [2.75, 3.05) is 19.8 Å². The monoisotopic (exact) mass is 515 g/mol. The Kier molecular flexibility index (Phi) is 7.80. The highest BCUT2D eigenvalue weighted by atomic mass is 32.2. The Hall–Kier alpha value is -3.57. The van der Waals surface area contributed by atoms with Gasteiger partial charge in [-0.1, -0.05) is 19.9 Å². The quantitative estimate of drug-likeness (QED) is 0.460. The van der Waals surface area contributed by atoms with Crippen LogP contribution in [0, 0.1) is 11.7 Å². The number of pyridine rings is 2. The maximum Gasteiger partial charge on any atom is 0.281 e. The number of halogens is 1. The van der Waals surface area contributed by atoms with Crippen molar-refractivity contribution in [1.82, 2.24) is 14.7 Å². The summed E-state index contributed by atoms with van der Waals surface area (Å²) in [6.45, 7) is 5.16. The molecule has 1 aliphatic rings. The zero-order valence-electron chi connectivity index (χ0n) is 19.8. The van der Waals surface area contributed by atoms with Crippen LogP contribution in [-0.4, -0.2) is 50.2 Å². The Bertz CT molecular complexity index is 1330. The number of benzene rings is 1. The Balaban J connectivity index is 1.66. The molecule has 3 heterocycles. The number of carbonyl (C=O) groups is 1. The first kappa shape index (κ1) is 25.5. The van der Waals surface area contributed by atoms with E-state index in [9.17, 15) is 17.6 Å². The summed E-state index contributed by atoms with van der Waals surface area (Å²) in [5.74, 6) is -0.943. The van der Waals surface area contributed by atoms with Gasteiger partial charge in [0, 0.05) is 24.2 Å². The summed E-state index contributed by atoms with van der Waals surface area (Å²) < 4.78 is 58.5. The minimum Gasteiger partial charge on any atom is -0.493 e. The van der Waals surface area contributed by atoms with E-state index in [-0.39, 0.29) is 28.5 Å². The van der Waals surface area contributed by atoms with Crippen molar-refractivity contribution < 1.29 is 31.8 Å². The summed E-state index contributed by atoms with van der Waals surface area (Å²) in [5, 5.41) is -0.303. The summed E-state index contributed by atoms with van der Waals surface area (Å²) in [5.41, 5.74) is 0.633. The zero-order chi connectivity index (χ0) is 25.7. The van der Waals surface area contributed by atoms with Gasteiger partial charge in [-0.2, -0.15) is 8.42 Å². The molecule has 190 valence electrons. The predicted molar refractivity (Wildman–Crippen MR) is 129 cm³/mol. The summed E-state index contributed by atoms with van der Waals surface area (Å²) in [4.78, 5) is 21.2. The van der Waals surface area contributed by atoms with Gasteiger partial charge in [0.05, 0.1) is 25.5 Å². The van der Waals surface area contributed by atoms with Crippen LogP contribution in [0.3, 0.4) is 0 Å². The number of carbonyl (C=O) groups excluding carboxylic acids is 1. The molecule has 0 unspecified atom stereocenters. The fourth-order valence-corrected chi connectivity index (χ4v) is 4.34. The average molecular weight is 516 g/mol. The van der Waals surface area contributed by atoms with Gasteiger partial charge in [0.15, 0.2) is 5.03 Å². The largest absolute Gasteiger partial charge is 0.493 e. The number of nitrogens with zero attached hydrogens (tertiary/aromatic N) is 2. The molecule has 1 fully saturated rings. The number of aromatic nitrogens is 2. The van der Waals surface area contributed by atoms with Crippen molar-refractivity contribution in [3.05, 3.63) is 66.1 Å². The third kappa shape index (κ3) is 6.35. The molecule has 3 aromatic rings. The van der Waals surface area contributed by atoms with E-state index >= 15 is 0 Å². The SMILES string of the molecule is CC(C)COc1cc(F)cc(-c2ccc(C(=O)NS(=O)(=O)c3ccccn3)c(O[C@H]3CCOC3)n2)c1. The van der Waals surface area contributed by atoms with Crippen molar-refractivity contribution >= 4 is 15.9 Å². The minimum absolute atomic E-state index is 0.0920. The number of hydrogen-bond acceptors (Lipinski definition) is 8. The molecule has 1 aliphatic heterocycles. The average Bonchev–Trinajstić information content (AvgIpc) is 3.36. The first-order valence-electron chi connectivity index (χ1n) is 11.4. The summed E-state index contributed by atoms with van der Waals surface area (Å²) in [6, 6.07) is 11.4. The van der Waals surface area contributed by atoms with Crippen molar-refractivity contribution in [3.8, 4) is 22.9 Å². The fourth-order valence-electron chi connectivity index (χ4n) is 3.42. The van der Waals surface area contributed by atoms with Crippen molar-refractivity contribution in [2.24, 2.45) is 5.92 Å². The fraction of sp³-hybridized carbons (Fsp3) is 0.320. The summed E-state index contributed by atoms with van der Waals surface area (Å²) in [7, 11) is -4.22. The molecule has 4 rings (SSSR count). The molecule has 1 aromatic carbocycles. The zero-order valence-corrected chi connectivity index (χ0v) is 20.6. The second-order valence-electron chi connectivity index (χ2n) is 8.64. The highest BCUT2D eigenvalue weighted by molar-refractivity contribution is 7.90. The summed E-state index contributed by atoms with van der Waals surface area (Å²) in [6.07, 6.45) is 1.51. The van der Waals surface area contributed by atoms with Gasteiger partial charge in [-0.25, -0.2) is 19.1 Å². The molecule has 11 heteroatoms. The van der Waals surface area contributed by atoms with Crippen LogP contribution in [0.5, 0.6) is 11.6 Å². The topological polar surface area (TPSA) is 117 Å².